The van der Waals surface area contributed by atoms with E-state index in [0.29, 0.717) is 0 Å². The highest BCUT2D eigenvalue weighted by molar-refractivity contribution is 7.99. The molecule has 0 saturated carbocycles. The third kappa shape index (κ3) is 5.67. The second kappa shape index (κ2) is 8.56. The summed E-state index contributed by atoms with van der Waals surface area (Å²) < 4.78 is 0. The van der Waals surface area contributed by atoms with E-state index in [4.69, 9.17) is 0 Å². The van der Waals surface area contributed by atoms with Gasteiger partial charge in [0.1, 0.15) is 0 Å². The van der Waals surface area contributed by atoms with E-state index in [0.717, 1.165) is 18.6 Å². The standard InChI is InChI=1S/C17H34OS/c1-4-5-6-7-8-9-10-11-12-17(18)15-19-14-13-16(17,2)3/h18H,4-15H2,1-3H3. The SMILES string of the molecule is CCCCCCCCCCC1(O)CSCCC1(C)C. The summed E-state index contributed by atoms with van der Waals surface area (Å²) in [5, 5.41) is 10.9. The van der Waals surface area contributed by atoms with Gasteiger partial charge in [0, 0.05) is 5.75 Å². The van der Waals surface area contributed by atoms with E-state index in [1.165, 1.54) is 57.1 Å². The van der Waals surface area contributed by atoms with Crippen molar-refractivity contribution in [2.45, 2.75) is 90.6 Å². The first-order valence-electron chi connectivity index (χ1n) is 8.32. The van der Waals surface area contributed by atoms with E-state index < -0.39 is 5.60 Å². The zero-order chi connectivity index (χ0) is 14.2. The fourth-order valence-electron chi connectivity index (χ4n) is 2.96. The van der Waals surface area contributed by atoms with Crippen LogP contribution in [0.25, 0.3) is 0 Å². The van der Waals surface area contributed by atoms with Gasteiger partial charge in [0.2, 0.25) is 0 Å². The first-order chi connectivity index (χ1) is 9.02. The number of rotatable bonds is 9. The van der Waals surface area contributed by atoms with E-state index in [9.17, 15) is 5.11 Å². The first-order valence-corrected chi connectivity index (χ1v) is 9.47. The molecule has 1 aliphatic heterocycles. The van der Waals surface area contributed by atoms with Gasteiger partial charge in [0.25, 0.3) is 0 Å². The van der Waals surface area contributed by atoms with Crippen molar-refractivity contribution in [3.63, 3.8) is 0 Å². The van der Waals surface area contributed by atoms with Crippen LogP contribution in [0, 0.1) is 5.41 Å². The Labute approximate surface area is 124 Å². The van der Waals surface area contributed by atoms with Gasteiger partial charge in [-0.3, -0.25) is 0 Å². The first kappa shape index (κ1) is 17.4. The summed E-state index contributed by atoms with van der Waals surface area (Å²) >= 11 is 1.93. The average Bonchev–Trinajstić information content (AvgIpc) is 2.36. The van der Waals surface area contributed by atoms with Crippen LogP contribution in [0.4, 0.5) is 0 Å². The third-order valence-electron chi connectivity index (χ3n) is 4.92. The second-order valence-corrected chi connectivity index (χ2v) is 8.05. The molecule has 0 spiro atoms. The molecule has 0 bridgehead atoms. The number of unbranched alkanes of at least 4 members (excludes halogenated alkanes) is 7. The summed E-state index contributed by atoms with van der Waals surface area (Å²) in [6, 6.07) is 0. The molecule has 1 saturated heterocycles. The molecule has 1 N–H and O–H groups in total. The topological polar surface area (TPSA) is 20.2 Å². The molecule has 1 aliphatic rings. The predicted octanol–water partition coefficient (Wildman–Crippen LogP) is 5.41. The molecule has 19 heavy (non-hydrogen) atoms. The summed E-state index contributed by atoms with van der Waals surface area (Å²) in [7, 11) is 0. The van der Waals surface area contributed by atoms with Crippen LogP contribution in [0.1, 0.15) is 85.0 Å². The van der Waals surface area contributed by atoms with Crippen LogP contribution in [-0.4, -0.2) is 22.2 Å². The van der Waals surface area contributed by atoms with Gasteiger partial charge in [0.05, 0.1) is 5.60 Å². The summed E-state index contributed by atoms with van der Waals surface area (Å²) in [5.41, 5.74) is -0.308. The van der Waals surface area contributed by atoms with E-state index in [1.807, 2.05) is 11.8 Å². The maximum Gasteiger partial charge on any atom is 0.0788 e. The molecule has 0 aromatic rings. The molecule has 2 heteroatoms. The molecule has 1 atom stereocenters. The van der Waals surface area contributed by atoms with Crippen molar-refractivity contribution in [3.8, 4) is 0 Å². The molecule has 0 amide bonds. The fraction of sp³-hybridized carbons (Fsp3) is 1.00. The molecule has 1 rings (SSSR count). The molecule has 0 aromatic carbocycles. The lowest BCUT2D eigenvalue weighted by atomic mass is 9.71. The zero-order valence-corrected chi connectivity index (χ0v) is 14.2. The largest absolute Gasteiger partial charge is 0.388 e. The van der Waals surface area contributed by atoms with Crippen molar-refractivity contribution in [1.29, 1.82) is 0 Å². The Morgan fingerprint density at radius 1 is 0.947 bits per heavy atom. The number of thioether (sulfide) groups is 1. The van der Waals surface area contributed by atoms with Gasteiger partial charge in [-0.05, 0) is 24.0 Å². The maximum absolute atomic E-state index is 10.9. The smallest absolute Gasteiger partial charge is 0.0788 e. The minimum absolute atomic E-state index is 0.110. The molecule has 114 valence electrons. The van der Waals surface area contributed by atoms with Gasteiger partial charge in [0.15, 0.2) is 0 Å². The lowest BCUT2D eigenvalue weighted by molar-refractivity contribution is -0.0599. The van der Waals surface area contributed by atoms with Crippen molar-refractivity contribution in [2.75, 3.05) is 11.5 Å². The molecule has 0 radical (unpaired) electrons. The Morgan fingerprint density at radius 3 is 2.11 bits per heavy atom. The van der Waals surface area contributed by atoms with Gasteiger partial charge in [-0.25, -0.2) is 0 Å². The van der Waals surface area contributed by atoms with Gasteiger partial charge in [-0.1, -0.05) is 72.1 Å². The van der Waals surface area contributed by atoms with E-state index in [2.05, 4.69) is 20.8 Å². The lowest BCUT2D eigenvalue weighted by Gasteiger charge is -2.46. The van der Waals surface area contributed by atoms with Crippen LogP contribution >= 0.6 is 11.8 Å². The van der Waals surface area contributed by atoms with Crippen LogP contribution in [0.2, 0.25) is 0 Å². The second-order valence-electron chi connectivity index (χ2n) is 6.94. The summed E-state index contributed by atoms with van der Waals surface area (Å²) in [6.07, 6.45) is 12.9. The summed E-state index contributed by atoms with van der Waals surface area (Å²) in [4.78, 5) is 0. The monoisotopic (exact) mass is 286 g/mol. The molecule has 1 unspecified atom stereocenters. The lowest BCUT2D eigenvalue weighted by Crippen LogP contribution is -2.49. The molecule has 0 aromatic heterocycles. The van der Waals surface area contributed by atoms with Crippen LogP contribution < -0.4 is 0 Å². The molecular weight excluding hydrogens is 252 g/mol. The van der Waals surface area contributed by atoms with E-state index in [1.54, 1.807) is 0 Å². The highest BCUT2D eigenvalue weighted by atomic mass is 32.2. The molecule has 1 fully saturated rings. The van der Waals surface area contributed by atoms with Crippen LogP contribution in [-0.2, 0) is 0 Å². The highest BCUT2D eigenvalue weighted by Crippen LogP contribution is 2.44. The Kier molecular flexibility index (Phi) is 7.83. The van der Waals surface area contributed by atoms with Gasteiger partial charge in [-0.15, -0.1) is 0 Å². The minimum atomic E-state index is -0.419. The van der Waals surface area contributed by atoms with E-state index in [-0.39, 0.29) is 5.41 Å². The molecule has 1 nitrogen and oxygen atoms in total. The maximum atomic E-state index is 10.9. The number of hydrogen-bond donors (Lipinski definition) is 1. The minimum Gasteiger partial charge on any atom is -0.388 e. The van der Waals surface area contributed by atoms with Crippen molar-refractivity contribution < 1.29 is 5.11 Å². The van der Waals surface area contributed by atoms with Crippen LogP contribution in [0.15, 0.2) is 0 Å². The van der Waals surface area contributed by atoms with Crippen molar-refractivity contribution in [3.05, 3.63) is 0 Å². The molecule has 0 aliphatic carbocycles. The number of hydrogen-bond acceptors (Lipinski definition) is 2. The Hall–Kier alpha value is 0.310. The zero-order valence-electron chi connectivity index (χ0n) is 13.3. The van der Waals surface area contributed by atoms with E-state index >= 15 is 0 Å². The quantitative estimate of drug-likeness (QED) is 0.572. The van der Waals surface area contributed by atoms with Crippen molar-refractivity contribution in [2.24, 2.45) is 5.41 Å². The Balaban J connectivity index is 2.11. The third-order valence-corrected chi connectivity index (χ3v) is 6.09. The Bertz CT molecular complexity index is 239. The molecule has 1 heterocycles. The van der Waals surface area contributed by atoms with Gasteiger partial charge < -0.3 is 5.11 Å². The van der Waals surface area contributed by atoms with Crippen molar-refractivity contribution in [1.82, 2.24) is 0 Å². The van der Waals surface area contributed by atoms with Gasteiger partial charge >= 0.3 is 0 Å². The summed E-state index contributed by atoms with van der Waals surface area (Å²) in [6.45, 7) is 6.76. The van der Waals surface area contributed by atoms with Crippen LogP contribution in [0.5, 0.6) is 0 Å². The number of aliphatic hydroxyl groups is 1. The summed E-state index contributed by atoms with van der Waals surface area (Å²) in [5.74, 6) is 2.16. The average molecular weight is 287 g/mol. The molecular formula is C17H34OS. The normalized spacial score (nSPS) is 26.5. The van der Waals surface area contributed by atoms with Crippen LogP contribution in [0.3, 0.4) is 0 Å². The highest BCUT2D eigenvalue weighted by Gasteiger charge is 2.44. The fourth-order valence-corrected chi connectivity index (χ4v) is 4.63. The Morgan fingerprint density at radius 2 is 1.53 bits per heavy atom. The van der Waals surface area contributed by atoms with Gasteiger partial charge in [-0.2, -0.15) is 11.8 Å². The van der Waals surface area contributed by atoms with Crippen molar-refractivity contribution >= 4 is 11.8 Å². The predicted molar refractivity (Wildman–Crippen MR) is 87.9 cm³/mol.